The third-order valence-electron chi connectivity index (χ3n) is 4.76. The molecule has 1 aliphatic carbocycles. The summed E-state index contributed by atoms with van der Waals surface area (Å²) in [6, 6.07) is 7.95. The standard InChI is InChI=1S/C19H18N2O2S2/c1-10(2)11-3-5-12(6-4-11)21-18(23)16-14-8-7-13(22)9-15(14)25-17(16)20-19(21)24/h3-6,10H,7-9H2,1-2H3,(H,20,24). The van der Waals surface area contributed by atoms with Gasteiger partial charge in [0.15, 0.2) is 4.77 Å². The summed E-state index contributed by atoms with van der Waals surface area (Å²) >= 11 is 6.93. The number of ketones is 1. The molecule has 4 nitrogen and oxygen atoms in total. The number of aryl methyl sites for hydroxylation is 1. The highest BCUT2D eigenvalue weighted by atomic mass is 32.1. The number of benzene rings is 1. The van der Waals surface area contributed by atoms with Gasteiger partial charge >= 0.3 is 0 Å². The van der Waals surface area contributed by atoms with E-state index in [0.717, 1.165) is 21.0 Å². The van der Waals surface area contributed by atoms with Crippen LogP contribution in [-0.4, -0.2) is 15.3 Å². The van der Waals surface area contributed by atoms with E-state index in [0.29, 0.717) is 35.3 Å². The van der Waals surface area contributed by atoms with Crippen molar-refractivity contribution in [1.29, 1.82) is 0 Å². The van der Waals surface area contributed by atoms with Crippen molar-refractivity contribution in [2.75, 3.05) is 0 Å². The molecule has 2 heterocycles. The number of nitrogens with one attached hydrogen (secondary N) is 1. The van der Waals surface area contributed by atoms with Crippen molar-refractivity contribution in [2.45, 2.75) is 39.0 Å². The van der Waals surface area contributed by atoms with Crippen LogP contribution in [0, 0.1) is 4.77 Å². The Morgan fingerprint density at radius 2 is 1.88 bits per heavy atom. The van der Waals surface area contributed by atoms with Crippen LogP contribution in [-0.2, 0) is 17.6 Å². The van der Waals surface area contributed by atoms with Gasteiger partial charge in [-0.05, 0) is 47.8 Å². The van der Waals surface area contributed by atoms with Gasteiger partial charge in [0.05, 0.1) is 11.1 Å². The Kier molecular flexibility index (Phi) is 3.96. The number of Topliss-reactive ketones (excluding diaryl/α,β-unsaturated/α-hetero) is 1. The minimum Gasteiger partial charge on any atom is -0.323 e. The van der Waals surface area contributed by atoms with Gasteiger partial charge in [0.25, 0.3) is 5.56 Å². The lowest BCUT2D eigenvalue weighted by atomic mass is 9.96. The van der Waals surface area contributed by atoms with E-state index in [-0.39, 0.29) is 11.3 Å². The first kappa shape index (κ1) is 16.4. The number of aromatic nitrogens is 2. The molecule has 2 aromatic heterocycles. The lowest BCUT2D eigenvalue weighted by Gasteiger charge is -2.11. The second-order valence-corrected chi connectivity index (χ2v) is 8.23. The molecule has 3 aromatic rings. The minimum atomic E-state index is -0.0945. The molecule has 0 aliphatic heterocycles. The summed E-state index contributed by atoms with van der Waals surface area (Å²) in [4.78, 5) is 29.9. The molecule has 128 valence electrons. The highest BCUT2D eigenvalue weighted by molar-refractivity contribution is 7.71. The first-order chi connectivity index (χ1) is 12.0. The summed E-state index contributed by atoms with van der Waals surface area (Å²) in [5.74, 6) is 0.673. The van der Waals surface area contributed by atoms with Crippen molar-refractivity contribution in [2.24, 2.45) is 0 Å². The van der Waals surface area contributed by atoms with E-state index in [1.807, 2.05) is 24.3 Å². The molecular formula is C19H18N2O2S2. The van der Waals surface area contributed by atoms with Gasteiger partial charge in [-0.25, -0.2) is 0 Å². The average molecular weight is 370 g/mol. The molecule has 0 saturated heterocycles. The van der Waals surface area contributed by atoms with Crippen LogP contribution >= 0.6 is 23.6 Å². The number of aromatic amines is 1. The molecule has 1 aliphatic rings. The van der Waals surface area contributed by atoms with Gasteiger partial charge in [0.1, 0.15) is 10.6 Å². The summed E-state index contributed by atoms with van der Waals surface area (Å²) < 4.78 is 1.95. The molecule has 0 unspecified atom stereocenters. The van der Waals surface area contributed by atoms with Crippen LogP contribution in [0.1, 0.15) is 42.2 Å². The summed E-state index contributed by atoms with van der Waals surface area (Å²) in [5.41, 5.74) is 2.91. The van der Waals surface area contributed by atoms with Gasteiger partial charge in [0, 0.05) is 17.7 Å². The highest BCUT2D eigenvalue weighted by Gasteiger charge is 2.24. The maximum atomic E-state index is 13.2. The van der Waals surface area contributed by atoms with E-state index in [2.05, 4.69) is 18.8 Å². The number of carbonyl (C=O) groups is 1. The molecule has 0 spiro atoms. The van der Waals surface area contributed by atoms with Crippen molar-refractivity contribution < 1.29 is 4.79 Å². The van der Waals surface area contributed by atoms with Gasteiger partial charge in [0.2, 0.25) is 0 Å². The molecule has 6 heteroatoms. The molecule has 0 atom stereocenters. The molecule has 4 rings (SSSR count). The SMILES string of the molecule is CC(C)c1ccc(-n2c(=S)[nH]c3sc4c(c3c2=O)CCC(=O)C4)cc1. The van der Waals surface area contributed by atoms with Crippen molar-refractivity contribution in [1.82, 2.24) is 9.55 Å². The number of rotatable bonds is 2. The molecule has 0 amide bonds. The van der Waals surface area contributed by atoms with Gasteiger partial charge in [-0.15, -0.1) is 11.3 Å². The Hall–Kier alpha value is -2.05. The van der Waals surface area contributed by atoms with Crippen LogP contribution in [0.2, 0.25) is 0 Å². The smallest absolute Gasteiger partial charge is 0.267 e. The summed E-state index contributed by atoms with van der Waals surface area (Å²) in [7, 11) is 0. The predicted octanol–water partition coefficient (Wildman–Crippen LogP) is 4.29. The second kappa shape index (κ2) is 6.04. The van der Waals surface area contributed by atoms with Crippen molar-refractivity contribution in [3.05, 3.63) is 55.4 Å². The Bertz CT molecular complexity index is 1100. The van der Waals surface area contributed by atoms with E-state index in [1.165, 1.54) is 16.9 Å². The Balaban J connectivity index is 1.94. The van der Waals surface area contributed by atoms with E-state index in [4.69, 9.17) is 12.2 Å². The van der Waals surface area contributed by atoms with Crippen LogP contribution in [0.4, 0.5) is 0 Å². The molecular weight excluding hydrogens is 352 g/mol. The Morgan fingerprint density at radius 1 is 1.16 bits per heavy atom. The molecule has 1 N–H and O–H groups in total. The van der Waals surface area contributed by atoms with Crippen LogP contribution in [0.3, 0.4) is 0 Å². The summed E-state index contributed by atoms with van der Waals surface area (Å²) in [6.07, 6.45) is 1.58. The molecule has 0 fully saturated rings. The quantitative estimate of drug-likeness (QED) is 0.685. The van der Waals surface area contributed by atoms with Gasteiger partial charge in [-0.2, -0.15) is 0 Å². The highest BCUT2D eigenvalue weighted by Crippen LogP contribution is 2.32. The Morgan fingerprint density at radius 3 is 2.56 bits per heavy atom. The number of H-pyrrole nitrogens is 1. The van der Waals surface area contributed by atoms with E-state index >= 15 is 0 Å². The van der Waals surface area contributed by atoms with Crippen LogP contribution in [0.15, 0.2) is 29.1 Å². The average Bonchev–Trinajstić information content (AvgIpc) is 2.92. The zero-order valence-corrected chi connectivity index (χ0v) is 15.7. The fourth-order valence-corrected chi connectivity index (χ4v) is 4.99. The van der Waals surface area contributed by atoms with Crippen molar-refractivity contribution >= 4 is 39.6 Å². The summed E-state index contributed by atoms with van der Waals surface area (Å²) in [5, 5.41) is 0.689. The molecule has 0 saturated carbocycles. The van der Waals surface area contributed by atoms with E-state index in [1.54, 1.807) is 4.57 Å². The zero-order chi connectivity index (χ0) is 17.7. The van der Waals surface area contributed by atoms with Crippen molar-refractivity contribution in [3.8, 4) is 5.69 Å². The third-order valence-corrected chi connectivity index (χ3v) is 6.19. The van der Waals surface area contributed by atoms with Gasteiger partial charge < -0.3 is 4.98 Å². The lowest BCUT2D eigenvalue weighted by Crippen LogP contribution is -2.21. The monoisotopic (exact) mass is 370 g/mol. The van der Waals surface area contributed by atoms with E-state index < -0.39 is 0 Å². The third kappa shape index (κ3) is 2.69. The topological polar surface area (TPSA) is 54.9 Å². The minimum absolute atomic E-state index is 0.0945. The second-order valence-electron chi connectivity index (χ2n) is 6.74. The largest absolute Gasteiger partial charge is 0.323 e. The molecule has 0 bridgehead atoms. The van der Waals surface area contributed by atoms with Gasteiger partial charge in [-0.3, -0.25) is 14.2 Å². The van der Waals surface area contributed by atoms with Crippen LogP contribution < -0.4 is 5.56 Å². The zero-order valence-electron chi connectivity index (χ0n) is 14.1. The molecule has 1 aromatic carbocycles. The number of hydrogen-bond acceptors (Lipinski definition) is 4. The fourth-order valence-electron chi connectivity index (χ4n) is 3.37. The molecule has 25 heavy (non-hydrogen) atoms. The number of thiophene rings is 1. The molecule has 0 radical (unpaired) electrons. The fraction of sp³-hybridized carbons (Fsp3) is 0.316. The number of carbonyl (C=O) groups excluding carboxylic acids is 1. The normalized spacial score (nSPS) is 14.3. The summed E-state index contributed by atoms with van der Waals surface area (Å²) in [6.45, 7) is 4.27. The maximum absolute atomic E-state index is 13.2. The first-order valence-electron chi connectivity index (χ1n) is 8.37. The van der Waals surface area contributed by atoms with Crippen LogP contribution in [0.25, 0.3) is 15.9 Å². The predicted molar refractivity (Wildman–Crippen MR) is 104 cm³/mol. The number of nitrogens with zero attached hydrogens (tertiary/aromatic N) is 1. The number of hydrogen-bond donors (Lipinski definition) is 1. The van der Waals surface area contributed by atoms with E-state index in [9.17, 15) is 9.59 Å². The lowest BCUT2D eigenvalue weighted by molar-refractivity contribution is -0.118. The van der Waals surface area contributed by atoms with Crippen LogP contribution in [0.5, 0.6) is 0 Å². The Labute approximate surface area is 154 Å². The first-order valence-corrected chi connectivity index (χ1v) is 9.60. The van der Waals surface area contributed by atoms with Crippen molar-refractivity contribution in [3.63, 3.8) is 0 Å². The maximum Gasteiger partial charge on any atom is 0.267 e. The van der Waals surface area contributed by atoms with Gasteiger partial charge in [-0.1, -0.05) is 26.0 Å². The number of fused-ring (bicyclic) bond motifs is 3.